The molecule has 2 aromatic carbocycles. The predicted octanol–water partition coefficient (Wildman–Crippen LogP) is 4.29. The minimum Gasteiger partial charge on any atom is -0.464 e. The van der Waals surface area contributed by atoms with Gasteiger partial charge < -0.3 is 8.83 Å². The van der Waals surface area contributed by atoms with Crippen LogP contribution in [-0.4, -0.2) is 16.7 Å². The van der Waals surface area contributed by atoms with E-state index in [4.69, 9.17) is 8.83 Å². The molecular weight excluding hydrogens is 306 g/mol. The molecule has 0 spiro atoms. The van der Waals surface area contributed by atoms with Crippen LogP contribution in [0.25, 0.3) is 21.9 Å². The maximum atomic E-state index is 11.4. The molecule has 0 aliphatic heterocycles. The van der Waals surface area contributed by atoms with Crippen molar-refractivity contribution in [2.75, 3.05) is 0 Å². The summed E-state index contributed by atoms with van der Waals surface area (Å²) in [6.45, 7) is 1.76. The van der Waals surface area contributed by atoms with Gasteiger partial charge in [0.15, 0.2) is 0 Å². The molecule has 0 aliphatic carbocycles. The number of rotatable bonds is 4. The smallest absolute Gasteiger partial charge is 0.234 e. The van der Waals surface area contributed by atoms with E-state index in [-0.39, 0.29) is 0 Å². The van der Waals surface area contributed by atoms with Crippen LogP contribution < -0.4 is 0 Å². The number of carbonyl (C=O) groups excluding carboxylic acids is 1. The van der Waals surface area contributed by atoms with Crippen LogP contribution in [-0.2, 0) is 10.3 Å². The Bertz CT molecular complexity index is 956. The summed E-state index contributed by atoms with van der Waals surface area (Å²) in [6, 6.07) is 15.0. The zero-order valence-corrected chi connectivity index (χ0v) is 13.0. The Morgan fingerprint density at radius 1 is 0.917 bits per heavy atom. The molecule has 4 rings (SSSR count). The fraction of sp³-hybridized carbons (Fsp3) is 0.105. The van der Waals surface area contributed by atoms with Crippen LogP contribution in [0.5, 0.6) is 0 Å². The minimum absolute atomic E-state index is 0.392. The second-order valence-electron chi connectivity index (χ2n) is 5.81. The van der Waals surface area contributed by atoms with E-state index in [1.165, 1.54) is 0 Å². The Labute approximate surface area is 137 Å². The molecule has 0 radical (unpaired) electrons. The Morgan fingerprint density at radius 3 is 1.83 bits per heavy atom. The first kappa shape index (κ1) is 14.5. The van der Waals surface area contributed by atoms with Crippen LogP contribution in [0.1, 0.15) is 18.1 Å². The van der Waals surface area contributed by atoms with E-state index in [0.717, 1.165) is 10.8 Å². The van der Waals surface area contributed by atoms with Crippen molar-refractivity contribution < 1.29 is 18.8 Å². The number of amides is 1. The fourth-order valence-electron chi connectivity index (χ4n) is 3.21. The van der Waals surface area contributed by atoms with Crippen molar-refractivity contribution in [3.05, 3.63) is 72.2 Å². The summed E-state index contributed by atoms with van der Waals surface area (Å²) < 4.78 is 11.2. The van der Waals surface area contributed by atoms with E-state index in [1.807, 2.05) is 48.5 Å². The molecular formula is C19H15NO4. The number of carbonyl (C=O) groups is 1. The summed E-state index contributed by atoms with van der Waals surface area (Å²) in [4.78, 5) is 11.4. The highest BCUT2D eigenvalue weighted by Gasteiger charge is 2.40. The molecule has 0 saturated heterocycles. The predicted molar refractivity (Wildman–Crippen MR) is 88.6 cm³/mol. The van der Waals surface area contributed by atoms with Gasteiger partial charge in [-0.1, -0.05) is 36.4 Å². The topological polar surface area (TPSA) is 66.8 Å². The zero-order chi connectivity index (χ0) is 16.7. The number of hydroxylamine groups is 2. The highest BCUT2D eigenvalue weighted by molar-refractivity contribution is 5.87. The molecule has 24 heavy (non-hydrogen) atoms. The van der Waals surface area contributed by atoms with Crippen LogP contribution in [0, 0.1) is 0 Å². The number of hydrogen-bond donors (Lipinski definition) is 1. The summed E-state index contributed by atoms with van der Waals surface area (Å²) in [5.41, 5.74) is 1.58. The van der Waals surface area contributed by atoms with Gasteiger partial charge in [-0.05, 0) is 19.1 Å². The van der Waals surface area contributed by atoms with Gasteiger partial charge in [0.1, 0.15) is 16.7 Å². The van der Waals surface area contributed by atoms with Gasteiger partial charge in [0.05, 0.1) is 12.5 Å². The molecule has 0 bridgehead atoms. The summed E-state index contributed by atoms with van der Waals surface area (Å²) in [7, 11) is 0. The molecule has 2 heterocycles. The van der Waals surface area contributed by atoms with Crippen LogP contribution in [0.3, 0.4) is 0 Å². The molecule has 0 aliphatic rings. The molecule has 120 valence electrons. The van der Waals surface area contributed by atoms with Crippen molar-refractivity contribution in [1.29, 1.82) is 0 Å². The lowest BCUT2D eigenvalue weighted by Crippen LogP contribution is -2.41. The molecule has 0 fully saturated rings. The highest BCUT2D eigenvalue weighted by Crippen LogP contribution is 2.42. The van der Waals surface area contributed by atoms with Crippen molar-refractivity contribution in [3.8, 4) is 0 Å². The SMILES string of the molecule is CC(c1coc2ccccc12)(c1coc2ccccc12)N(O)C=O. The second kappa shape index (κ2) is 5.25. The van der Waals surface area contributed by atoms with Gasteiger partial charge in [-0.25, -0.2) is 5.06 Å². The average molecular weight is 321 g/mol. The molecule has 0 saturated carbocycles. The van der Waals surface area contributed by atoms with Crippen LogP contribution >= 0.6 is 0 Å². The standard InChI is InChI=1S/C19H15NO4/c1-19(20(22)12-21,15-10-23-17-8-4-2-6-13(15)17)16-11-24-18-9-5-3-7-14(16)18/h2-12,22H,1H3. The normalized spacial score (nSPS) is 11.9. The summed E-state index contributed by atoms with van der Waals surface area (Å²) in [6.07, 6.45) is 3.53. The molecule has 4 aromatic rings. The number of para-hydroxylation sites is 2. The summed E-state index contributed by atoms with van der Waals surface area (Å²) in [5.74, 6) is 0. The van der Waals surface area contributed by atoms with E-state index in [1.54, 1.807) is 19.5 Å². The molecule has 1 amide bonds. The Morgan fingerprint density at radius 2 is 1.38 bits per heavy atom. The first-order chi connectivity index (χ1) is 11.7. The van der Waals surface area contributed by atoms with Gasteiger partial charge >= 0.3 is 0 Å². The molecule has 5 heteroatoms. The minimum atomic E-state index is -1.15. The summed E-state index contributed by atoms with van der Waals surface area (Å²) >= 11 is 0. The number of benzene rings is 2. The number of nitrogens with zero attached hydrogens (tertiary/aromatic N) is 1. The van der Waals surface area contributed by atoms with Gasteiger partial charge in [0.2, 0.25) is 6.41 Å². The summed E-state index contributed by atoms with van der Waals surface area (Å²) in [5, 5.41) is 12.7. The van der Waals surface area contributed by atoms with Crippen molar-refractivity contribution in [2.24, 2.45) is 0 Å². The molecule has 5 nitrogen and oxygen atoms in total. The first-order valence-electron chi connectivity index (χ1n) is 7.53. The fourth-order valence-corrected chi connectivity index (χ4v) is 3.21. The zero-order valence-electron chi connectivity index (χ0n) is 13.0. The van der Waals surface area contributed by atoms with Crippen molar-refractivity contribution in [2.45, 2.75) is 12.5 Å². The van der Waals surface area contributed by atoms with Crippen molar-refractivity contribution in [1.82, 2.24) is 5.06 Å². The Kier molecular flexibility index (Phi) is 3.18. The Balaban J connectivity index is 2.05. The van der Waals surface area contributed by atoms with Gasteiger partial charge in [-0.3, -0.25) is 10.0 Å². The van der Waals surface area contributed by atoms with E-state index in [9.17, 15) is 10.0 Å². The first-order valence-corrected chi connectivity index (χ1v) is 7.53. The van der Waals surface area contributed by atoms with E-state index >= 15 is 0 Å². The maximum Gasteiger partial charge on any atom is 0.234 e. The van der Waals surface area contributed by atoms with Crippen molar-refractivity contribution >= 4 is 28.3 Å². The van der Waals surface area contributed by atoms with Crippen LogP contribution in [0.4, 0.5) is 0 Å². The lowest BCUT2D eigenvalue weighted by molar-refractivity contribution is -0.171. The molecule has 0 atom stereocenters. The average Bonchev–Trinajstić information content (AvgIpc) is 3.25. The van der Waals surface area contributed by atoms with Crippen molar-refractivity contribution in [3.63, 3.8) is 0 Å². The van der Waals surface area contributed by atoms with Gasteiger partial charge in [0, 0.05) is 21.9 Å². The number of furan rings is 2. The maximum absolute atomic E-state index is 11.4. The number of fused-ring (bicyclic) bond motifs is 2. The molecule has 1 N–H and O–H groups in total. The molecule has 0 unspecified atom stereocenters. The highest BCUT2D eigenvalue weighted by atomic mass is 16.5. The van der Waals surface area contributed by atoms with Gasteiger partial charge in [-0.2, -0.15) is 0 Å². The monoisotopic (exact) mass is 321 g/mol. The van der Waals surface area contributed by atoms with E-state index < -0.39 is 5.54 Å². The quantitative estimate of drug-likeness (QED) is 0.346. The van der Waals surface area contributed by atoms with Gasteiger partial charge in [-0.15, -0.1) is 0 Å². The largest absolute Gasteiger partial charge is 0.464 e. The molecule has 2 aromatic heterocycles. The third kappa shape index (κ3) is 1.88. The van der Waals surface area contributed by atoms with Gasteiger partial charge in [0.25, 0.3) is 0 Å². The lowest BCUT2D eigenvalue weighted by Gasteiger charge is -2.33. The van der Waals surface area contributed by atoms with Crippen LogP contribution in [0.15, 0.2) is 69.9 Å². The van der Waals surface area contributed by atoms with E-state index in [2.05, 4.69) is 0 Å². The second-order valence-corrected chi connectivity index (χ2v) is 5.81. The van der Waals surface area contributed by atoms with Crippen LogP contribution in [0.2, 0.25) is 0 Å². The number of hydrogen-bond acceptors (Lipinski definition) is 4. The third-order valence-electron chi connectivity index (χ3n) is 4.57. The van der Waals surface area contributed by atoms with E-state index in [0.29, 0.717) is 33.8 Å². The third-order valence-corrected chi connectivity index (χ3v) is 4.57. The lowest BCUT2D eigenvalue weighted by atomic mass is 9.84. The Hall–Kier alpha value is -3.05.